The summed E-state index contributed by atoms with van der Waals surface area (Å²) in [6, 6.07) is 0. The first-order chi connectivity index (χ1) is 19.1. The Morgan fingerprint density at radius 1 is 0.727 bits per heavy atom. The normalized spacial score (nSPS) is 15.4. The predicted octanol–water partition coefficient (Wildman–Crippen LogP) is 4.95. The highest BCUT2D eigenvalue weighted by molar-refractivity contribution is 8.03. The first kappa shape index (κ1) is 41.8. The average Bonchev–Trinajstić information content (AvgIpc) is 2.84. The van der Waals surface area contributed by atoms with Crippen LogP contribution >= 0.6 is 0 Å². The fourth-order valence-electron chi connectivity index (χ4n) is 2.55. The largest absolute Gasteiger partial charge is 0.461 e. The van der Waals surface area contributed by atoms with E-state index in [-0.39, 0.29) is 0 Å². The topological polar surface area (TPSA) is 110 Å². The molecule has 0 radical (unpaired) electrons. The molecule has 262 valence electrons. The number of alkyl halides is 17. The zero-order chi connectivity index (χ0) is 35.8. The van der Waals surface area contributed by atoms with Gasteiger partial charge in [0.05, 0.1) is 0 Å². The van der Waals surface area contributed by atoms with Gasteiger partial charge in [0.25, 0.3) is 10.2 Å². The van der Waals surface area contributed by atoms with Crippen LogP contribution < -0.4 is 4.72 Å². The van der Waals surface area contributed by atoms with Crippen LogP contribution in [-0.4, -0.2) is 93.2 Å². The number of halogens is 17. The van der Waals surface area contributed by atoms with Gasteiger partial charge in [0, 0.05) is 19.2 Å². The standard InChI is InChI=1S/C17H17F17N2O6S2/c1-3-5-7-36(44(40,41)35-6-8-42-9(37)4-2)43(38,39)17(33,34)15(28,29)13(24,25)11(20,21)10(18,19)12(22,23)14(26,27)16(30,31)32/h4,35H,2-3,5-8H2,1H3. The van der Waals surface area contributed by atoms with Crippen LogP contribution in [0.4, 0.5) is 74.6 Å². The maximum Gasteiger partial charge on any atom is 0.460 e. The van der Waals surface area contributed by atoms with E-state index in [1.165, 1.54) is 0 Å². The van der Waals surface area contributed by atoms with Crippen LogP contribution in [0.5, 0.6) is 0 Å². The molecule has 0 heterocycles. The van der Waals surface area contributed by atoms with Crippen LogP contribution in [0.1, 0.15) is 19.8 Å². The molecule has 0 aromatic heterocycles. The second kappa shape index (κ2) is 12.6. The summed E-state index contributed by atoms with van der Waals surface area (Å²) in [7, 11) is -14.3. The number of carbonyl (C=O) groups excluding carboxylic acids is 1. The number of esters is 1. The van der Waals surface area contributed by atoms with Crippen molar-refractivity contribution in [3.8, 4) is 0 Å². The van der Waals surface area contributed by atoms with E-state index in [2.05, 4.69) is 11.3 Å². The van der Waals surface area contributed by atoms with Crippen LogP contribution in [-0.2, 0) is 29.8 Å². The fourth-order valence-corrected chi connectivity index (χ4v) is 5.95. The fraction of sp³-hybridized carbons (Fsp3) is 0.824. The van der Waals surface area contributed by atoms with E-state index in [1.807, 2.05) is 0 Å². The molecule has 0 aliphatic rings. The quantitative estimate of drug-likeness (QED) is 0.0982. The minimum Gasteiger partial charge on any atom is -0.461 e. The van der Waals surface area contributed by atoms with Crippen molar-refractivity contribution >= 4 is 26.2 Å². The number of nitrogens with zero attached hydrogens (tertiary/aromatic N) is 1. The molecule has 8 nitrogen and oxygen atoms in total. The number of ether oxygens (including phenoxy) is 1. The van der Waals surface area contributed by atoms with Crippen molar-refractivity contribution < 1.29 is 101 Å². The average molecular weight is 732 g/mol. The first-order valence-electron chi connectivity index (χ1n) is 10.7. The molecule has 0 aliphatic heterocycles. The SMILES string of the molecule is C=CC(=O)OCCNS(=O)(=O)N(CCCC)S(=O)(=O)C(F)(F)C(F)(F)C(F)(F)C(F)(F)C(F)(F)C(F)(F)C(F)(F)C(F)(F)F. The van der Waals surface area contributed by atoms with Gasteiger partial charge in [0.1, 0.15) is 6.61 Å². The van der Waals surface area contributed by atoms with Crippen molar-refractivity contribution in [3.63, 3.8) is 0 Å². The molecule has 0 unspecified atom stereocenters. The summed E-state index contributed by atoms with van der Waals surface area (Å²) >= 11 is 0. The number of hydrogen-bond acceptors (Lipinski definition) is 6. The van der Waals surface area contributed by atoms with Crippen LogP contribution in [0, 0.1) is 0 Å². The second-order valence-corrected chi connectivity index (χ2v) is 11.9. The van der Waals surface area contributed by atoms with Crippen molar-refractivity contribution in [2.75, 3.05) is 19.7 Å². The molecule has 0 aliphatic carbocycles. The van der Waals surface area contributed by atoms with Gasteiger partial charge in [-0.25, -0.2) is 13.2 Å². The van der Waals surface area contributed by atoms with Gasteiger partial charge in [-0.05, 0) is 6.42 Å². The van der Waals surface area contributed by atoms with Crippen LogP contribution in [0.2, 0.25) is 0 Å². The molecule has 27 heteroatoms. The van der Waals surface area contributed by atoms with Gasteiger partial charge >= 0.3 is 63.0 Å². The molecule has 0 amide bonds. The molecule has 0 bridgehead atoms. The van der Waals surface area contributed by atoms with Gasteiger partial charge in [-0.3, -0.25) is 0 Å². The highest BCUT2D eigenvalue weighted by Gasteiger charge is 2.96. The third-order valence-corrected chi connectivity index (χ3v) is 9.13. The summed E-state index contributed by atoms with van der Waals surface area (Å²) in [6.45, 7) is -0.445. The Balaban J connectivity index is 7.08. The summed E-state index contributed by atoms with van der Waals surface area (Å²) in [5, 5.41) is -8.07. The van der Waals surface area contributed by atoms with Crippen LogP contribution in [0.25, 0.3) is 0 Å². The Labute approximate surface area is 235 Å². The second-order valence-electron chi connectivity index (χ2n) is 8.09. The number of rotatable bonds is 17. The lowest BCUT2D eigenvalue weighted by molar-refractivity contribution is -0.458. The Bertz CT molecular complexity index is 1270. The maximum atomic E-state index is 14.5. The highest BCUT2D eigenvalue weighted by Crippen LogP contribution is 2.64. The molecular weight excluding hydrogens is 715 g/mol. The van der Waals surface area contributed by atoms with Crippen molar-refractivity contribution in [3.05, 3.63) is 12.7 Å². The zero-order valence-corrected chi connectivity index (χ0v) is 22.6. The van der Waals surface area contributed by atoms with E-state index in [9.17, 15) is 96.3 Å². The van der Waals surface area contributed by atoms with E-state index >= 15 is 0 Å². The van der Waals surface area contributed by atoms with E-state index in [0.717, 1.165) is 11.6 Å². The number of carbonyl (C=O) groups is 1. The number of nitrogens with one attached hydrogen (secondary N) is 1. The first-order valence-corrected chi connectivity index (χ1v) is 13.6. The molecule has 1 N–H and O–H groups in total. The molecule has 0 aromatic carbocycles. The van der Waals surface area contributed by atoms with E-state index in [1.54, 1.807) is 0 Å². The van der Waals surface area contributed by atoms with E-state index < -0.39 is 109 Å². The predicted molar refractivity (Wildman–Crippen MR) is 109 cm³/mol. The number of unbranched alkanes of at least 4 members (excludes halogenated alkanes) is 1. The van der Waals surface area contributed by atoms with Gasteiger partial charge in [-0.15, -0.1) is 0 Å². The Kier molecular flexibility index (Phi) is 11.9. The van der Waals surface area contributed by atoms with E-state index in [4.69, 9.17) is 0 Å². The minimum atomic E-state index is -9.07. The monoisotopic (exact) mass is 732 g/mol. The van der Waals surface area contributed by atoms with Gasteiger partial charge < -0.3 is 4.74 Å². The lowest BCUT2D eigenvalue weighted by atomic mass is 9.91. The molecule has 0 rings (SSSR count). The van der Waals surface area contributed by atoms with Crippen molar-refractivity contribution in [1.82, 2.24) is 8.43 Å². The third-order valence-electron chi connectivity index (χ3n) is 5.05. The van der Waals surface area contributed by atoms with Crippen LogP contribution in [0.3, 0.4) is 0 Å². The smallest absolute Gasteiger partial charge is 0.460 e. The number of hydrogen-bond donors (Lipinski definition) is 1. The molecule has 44 heavy (non-hydrogen) atoms. The van der Waals surface area contributed by atoms with Gasteiger partial charge in [0.15, 0.2) is 0 Å². The molecule has 0 aromatic rings. The van der Waals surface area contributed by atoms with Crippen LogP contribution in [0.15, 0.2) is 12.7 Å². The summed E-state index contributed by atoms with van der Waals surface area (Å²) < 4.78 is 282. The van der Waals surface area contributed by atoms with Crippen molar-refractivity contribution in [2.24, 2.45) is 0 Å². The minimum absolute atomic E-state index is 0.441. The Morgan fingerprint density at radius 2 is 1.11 bits per heavy atom. The number of sulfonamides is 1. The summed E-state index contributed by atoms with van der Waals surface area (Å²) in [6.07, 6.45) is -8.92. The Morgan fingerprint density at radius 3 is 1.48 bits per heavy atom. The molecule has 0 spiro atoms. The lowest BCUT2D eigenvalue weighted by Gasteiger charge is -2.42. The summed E-state index contributed by atoms with van der Waals surface area (Å²) in [5.74, 6) is -54.3. The molecule has 0 fully saturated rings. The highest BCUT2D eigenvalue weighted by atomic mass is 32.3. The maximum absolute atomic E-state index is 14.5. The molecule has 0 saturated carbocycles. The Hall–Kier alpha value is -2.16. The lowest BCUT2D eigenvalue weighted by Crippen LogP contribution is -2.75. The molecule has 0 atom stereocenters. The van der Waals surface area contributed by atoms with Crippen molar-refractivity contribution in [1.29, 1.82) is 0 Å². The molecule has 0 saturated heterocycles. The van der Waals surface area contributed by atoms with Crippen molar-refractivity contribution in [2.45, 2.75) is 66.7 Å². The van der Waals surface area contributed by atoms with Gasteiger partial charge in [-0.2, -0.15) is 87.8 Å². The zero-order valence-electron chi connectivity index (χ0n) is 21.0. The van der Waals surface area contributed by atoms with Gasteiger partial charge in [0.2, 0.25) is 0 Å². The third kappa shape index (κ3) is 6.54. The van der Waals surface area contributed by atoms with Gasteiger partial charge in [-0.1, -0.05) is 23.6 Å². The summed E-state index contributed by atoms with van der Waals surface area (Å²) in [4.78, 5) is 10.9. The van der Waals surface area contributed by atoms with E-state index in [0.29, 0.717) is 6.08 Å². The molecular formula is C17H17F17N2O6S2. The summed E-state index contributed by atoms with van der Waals surface area (Å²) in [5.41, 5.74) is 0.